The van der Waals surface area contributed by atoms with Gasteiger partial charge in [0.1, 0.15) is 5.69 Å². The minimum absolute atomic E-state index is 0. The monoisotopic (exact) mass is 502 g/mol. The number of aryl methyl sites for hydroxylation is 4. The normalized spacial score (nSPS) is 9.63. The van der Waals surface area contributed by atoms with E-state index >= 15 is 0 Å². The molecule has 0 bridgehead atoms. The Labute approximate surface area is 210 Å². The van der Waals surface area contributed by atoms with Crippen molar-refractivity contribution in [3.63, 3.8) is 0 Å². The third kappa shape index (κ3) is 6.76. The van der Waals surface area contributed by atoms with Crippen molar-refractivity contribution >= 4 is 11.6 Å². The molecule has 1 aromatic heterocycles. The van der Waals surface area contributed by atoms with E-state index in [1.807, 2.05) is 76.2 Å². The summed E-state index contributed by atoms with van der Waals surface area (Å²) in [6.45, 7) is 8.28. The molecule has 2 aromatic carbocycles. The van der Waals surface area contributed by atoms with E-state index in [0.29, 0.717) is 35.7 Å². The topological polar surface area (TPSA) is 55.1 Å². The van der Waals surface area contributed by atoms with Crippen molar-refractivity contribution in [1.82, 2.24) is 9.78 Å². The fourth-order valence-corrected chi connectivity index (χ4v) is 3.11. The van der Waals surface area contributed by atoms with Gasteiger partial charge in [0, 0.05) is 44.3 Å². The van der Waals surface area contributed by atoms with Crippen LogP contribution < -0.4 is 5.56 Å². The second-order valence-corrected chi connectivity index (χ2v) is 6.68. The standard InChI is InChI=1S/C21H21ClN2O2.C2H6.CH3.Y/c1-3-18-20(25)19(17-7-5-4-6-14(17)2)21(26)24(23-18)13-12-15-8-10-16(22)11-9-15;1-2;;/h4-11,25H,3,12-13H2,1-2H3;1-2H3;1H3;/q;;-1;. The van der Waals surface area contributed by atoms with Crippen molar-refractivity contribution in [2.45, 2.75) is 47.1 Å². The Morgan fingerprint density at radius 2 is 1.67 bits per heavy atom. The summed E-state index contributed by atoms with van der Waals surface area (Å²) in [5.74, 6) is -0.0189. The smallest absolute Gasteiger partial charge is 0.278 e. The minimum Gasteiger partial charge on any atom is -0.505 e. The zero-order valence-electron chi connectivity index (χ0n) is 18.4. The molecular formula is C24H30ClN2O2Y-. The van der Waals surface area contributed by atoms with E-state index in [0.717, 1.165) is 16.7 Å². The molecule has 0 saturated heterocycles. The largest absolute Gasteiger partial charge is 0.505 e. The summed E-state index contributed by atoms with van der Waals surface area (Å²) in [5, 5.41) is 15.6. The number of aromatic nitrogens is 2. The minimum atomic E-state index is -0.275. The van der Waals surface area contributed by atoms with Crippen LogP contribution in [-0.4, -0.2) is 14.9 Å². The first kappa shape index (κ1) is 28.5. The van der Waals surface area contributed by atoms with Gasteiger partial charge in [0.15, 0.2) is 5.75 Å². The first-order valence-electron chi connectivity index (χ1n) is 9.64. The molecule has 4 nitrogen and oxygen atoms in total. The van der Waals surface area contributed by atoms with Gasteiger partial charge in [0.05, 0.1) is 5.56 Å². The van der Waals surface area contributed by atoms with Crippen LogP contribution in [-0.2, 0) is 52.1 Å². The first-order valence-corrected chi connectivity index (χ1v) is 10.0. The average Bonchev–Trinajstić information content (AvgIpc) is 2.71. The predicted octanol–water partition coefficient (Wildman–Crippen LogP) is 5.86. The molecule has 6 heteroatoms. The van der Waals surface area contributed by atoms with E-state index in [9.17, 15) is 9.90 Å². The fourth-order valence-electron chi connectivity index (χ4n) is 2.99. The molecule has 0 unspecified atom stereocenters. The molecule has 0 aliphatic carbocycles. The third-order valence-electron chi connectivity index (χ3n) is 4.47. The van der Waals surface area contributed by atoms with E-state index in [2.05, 4.69) is 5.10 Å². The van der Waals surface area contributed by atoms with Gasteiger partial charge in [-0.3, -0.25) is 4.79 Å². The Hall–Kier alpha value is -1.49. The molecule has 30 heavy (non-hydrogen) atoms. The van der Waals surface area contributed by atoms with E-state index in [-0.39, 0.29) is 51.4 Å². The molecule has 1 heterocycles. The third-order valence-corrected chi connectivity index (χ3v) is 4.73. The first-order chi connectivity index (χ1) is 13.5. The van der Waals surface area contributed by atoms with Crippen LogP contribution in [0.25, 0.3) is 11.1 Å². The van der Waals surface area contributed by atoms with E-state index in [1.54, 1.807) is 0 Å². The molecule has 1 N–H and O–H groups in total. The second-order valence-electron chi connectivity index (χ2n) is 6.24. The van der Waals surface area contributed by atoms with Gasteiger partial charge in [-0.2, -0.15) is 5.10 Å². The van der Waals surface area contributed by atoms with Gasteiger partial charge in [0.2, 0.25) is 0 Å². The second kappa shape index (κ2) is 13.7. The molecule has 3 aromatic rings. The molecule has 0 fully saturated rings. The Kier molecular flexibility index (Phi) is 13.1. The van der Waals surface area contributed by atoms with E-state index in [1.165, 1.54) is 4.68 Å². The summed E-state index contributed by atoms with van der Waals surface area (Å²) in [4.78, 5) is 13.0. The van der Waals surface area contributed by atoms with Crippen molar-refractivity contribution in [3.05, 3.63) is 88.2 Å². The van der Waals surface area contributed by atoms with E-state index in [4.69, 9.17) is 11.6 Å². The number of hydrogen-bond donors (Lipinski definition) is 1. The van der Waals surface area contributed by atoms with Crippen LogP contribution in [0.15, 0.2) is 53.3 Å². The zero-order chi connectivity index (χ0) is 20.7. The van der Waals surface area contributed by atoms with Crippen molar-refractivity contribution in [2.24, 2.45) is 0 Å². The Bertz CT molecular complexity index is 985. The Balaban J connectivity index is 0.00000204. The molecule has 0 aliphatic heterocycles. The van der Waals surface area contributed by atoms with Gasteiger partial charge in [-0.25, -0.2) is 4.68 Å². The molecular weight excluding hydrogens is 473 g/mol. The quantitative estimate of drug-likeness (QED) is 0.445. The van der Waals surface area contributed by atoms with Gasteiger partial charge >= 0.3 is 0 Å². The van der Waals surface area contributed by atoms with Crippen molar-refractivity contribution < 1.29 is 37.8 Å². The molecule has 0 aliphatic rings. The maximum atomic E-state index is 13.0. The van der Waals surface area contributed by atoms with Gasteiger partial charge in [-0.15, -0.1) is 0 Å². The SMILES string of the molecule is CC.CCc1nn(CCc2ccc(Cl)cc2)c(=O)c(-c2ccccc2C)c1O.[CH3-].[Y]. The summed E-state index contributed by atoms with van der Waals surface area (Å²) in [5.41, 5.74) is 3.34. The van der Waals surface area contributed by atoms with Gasteiger partial charge < -0.3 is 12.5 Å². The number of aromatic hydroxyl groups is 1. The van der Waals surface area contributed by atoms with Crippen LogP contribution in [0, 0.1) is 14.4 Å². The van der Waals surface area contributed by atoms with Crippen LogP contribution in [0.5, 0.6) is 5.75 Å². The van der Waals surface area contributed by atoms with Crippen molar-refractivity contribution in [3.8, 4) is 16.9 Å². The molecule has 0 atom stereocenters. The summed E-state index contributed by atoms with van der Waals surface area (Å²) in [6, 6.07) is 15.1. The fraction of sp³-hybridized carbons (Fsp3) is 0.292. The van der Waals surface area contributed by atoms with Gasteiger partial charge in [-0.1, -0.05) is 68.8 Å². The maximum Gasteiger partial charge on any atom is 0.278 e. The summed E-state index contributed by atoms with van der Waals surface area (Å²) >= 11 is 5.92. The van der Waals surface area contributed by atoms with Gasteiger partial charge in [-0.05, 0) is 48.6 Å². The molecule has 1 radical (unpaired) electrons. The van der Waals surface area contributed by atoms with Crippen molar-refractivity contribution in [2.75, 3.05) is 0 Å². The molecule has 159 valence electrons. The Morgan fingerprint density at radius 1 is 1.07 bits per heavy atom. The number of benzene rings is 2. The summed E-state index contributed by atoms with van der Waals surface area (Å²) < 4.78 is 1.45. The van der Waals surface area contributed by atoms with Crippen LogP contribution in [0.2, 0.25) is 5.02 Å². The maximum absolute atomic E-state index is 13.0. The summed E-state index contributed by atoms with van der Waals surface area (Å²) in [7, 11) is 0. The average molecular weight is 503 g/mol. The van der Waals surface area contributed by atoms with Gasteiger partial charge in [0.25, 0.3) is 5.56 Å². The number of hydrogen-bond acceptors (Lipinski definition) is 3. The van der Waals surface area contributed by atoms with E-state index < -0.39 is 0 Å². The zero-order valence-corrected chi connectivity index (χ0v) is 22.0. The summed E-state index contributed by atoms with van der Waals surface area (Å²) in [6.07, 6.45) is 1.21. The molecule has 3 rings (SSSR count). The molecule has 0 amide bonds. The van der Waals surface area contributed by atoms with Crippen LogP contribution >= 0.6 is 11.6 Å². The van der Waals surface area contributed by atoms with Crippen LogP contribution in [0.4, 0.5) is 0 Å². The number of halogens is 1. The number of rotatable bonds is 5. The molecule has 0 spiro atoms. The number of nitrogens with zero attached hydrogens (tertiary/aromatic N) is 2. The molecule has 0 saturated carbocycles. The van der Waals surface area contributed by atoms with Crippen molar-refractivity contribution in [1.29, 1.82) is 0 Å². The predicted molar refractivity (Wildman–Crippen MR) is 123 cm³/mol. The van der Waals surface area contributed by atoms with Crippen LogP contribution in [0.3, 0.4) is 0 Å². The Morgan fingerprint density at radius 3 is 2.23 bits per heavy atom. The van der Waals surface area contributed by atoms with Crippen LogP contribution in [0.1, 0.15) is 37.6 Å².